The zero-order valence-electron chi connectivity index (χ0n) is 7.79. The van der Waals surface area contributed by atoms with Gasteiger partial charge in [-0.1, -0.05) is 6.57 Å². The summed E-state index contributed by atoms with van der Waals surface area (Å²) in [7, 11) is 6.98. The lowest BCUT2D eigenvalue weighted by molar-refractivity contribution is 0.466. The van der Waals surface area contributed by atoms with Gasteiger partial charge in [-0.2, -0.15) is 5.26 Å². The first-order valence-corrected chi connectivity index (χ1v) is 3.41. The quantitative estimate of drug-likeness (QED) is 0.445. The zero-order chi connectivity index (χ0) is 9.72. The molecule has 0 saturated carbocycles. The smallest absolute Gasteiger partial charge is 0.258 e. The molecule has 0 unspecified atom stereocenters. The second-order valence-electron chi connectivity index (χ2n) is 2.68. The molecule has 4 heteroatoms. The first-order valence-electron chi connectivity index (χ1n) is 3.41. The highest BCUT2D eigenvalue weighted by atomic mass is 15.2. The summed E-state index contributed by atoms with van der Waals surface area (Å²) in [5, 5.41) is 8.73. The van der Waals surface area contributed by atoms with Gasteiger partial charge in [-0.15, -0.1) is 0 Å². The second-order valence-corrected chi connectivity index (χ2v) is 2.68. The van der Waals surface area contributed by atoms with Gasteiger partial charge >= 0.3 is 0 Å². The molecule has 0 rings (SSSR count). The van der Waals surface area contributed by atoms with E-state index in [0.29, 0.717) is 11.5 Å². The molecule has 12 heavy (non-hydrogen) atoms. The summed E-state index contributed by atoms with van der Waals surface area (Å²) >= 11 is 0. The molecule has 0 aromatic heterocycles. The summed E-state index contributed by atoms with van der Waals surface area (Å²) < 4.78 is 0. The van der Waals surface area contributed by atoms with Gasteiger partial charge in [0.1, 0.15) is 11.8 Å². The first-order chi connectivity index (χ1) is 5.54. The fourth-order valence-electron chi connectivity index (χ4n) is 0.715. The Balaban J connectivity index is 5.10. The van der Waals surface area contributed by atoms with E-state index in [4.69, 9.17) is 11.8 Å². The molecule has 0 N–H and O–H groups in total. The van der Waals surface area contributed by atoms with Crippen LogP contribution in [0.2, 0.25) is 0 Å². The highest BCUT2D eigenvalue weighted by molar-refractivity contribution is 5.28. The van der Waals surface area contributed by atoms with Crippen molar-refractivity contribution in [1.29, 1.82) is 5.26 Å². The Bertz CT molecular complexity index is 234. The lowest BCUT2D eigenvalue weighted by atomic mass is 10.4. The molecule has 64 valence electrons. The number of nitriles is 1. The van der Waals surface area contributed by atoms with Crippen LogP contribution in [0.4, 0.5) is 0 Å². The molecule has 0 aliphatic rings. The predicted molar refractivity (Wildman–Crippen MR) is 46.6 cm³/mol. The third kappa shape index (κ3) is 2.17. The fraction of sp³-hybridized carbons (Fsp3) is 0.500. The molecule has 0 spiro atoms. The van der Waals surface area contributed by atoms with Crippen molar-refractivity contribution >= 4 is 0 Å². The Morgan fingerprint density at radius 1 is 1.25 bits per heavy atom. The molecule has 0 aliphatic carbocycles. The van der Waals surface area contributed by atoms with E-state index in [1.165, 1.54) is 0 Å². The Morgan fingerprint density at radius 3 is 1.83 bits per heavy atom. The molecule has 0 atom stereocenters. The van der Waals surface area contributed by atoms with Gasteiger partial charge in [-0.25, -0.2) is 0 Å². The lowest BCUT2D eigenvalue weighted by Gasteiger charge is -2.16. The maximum Gasteiger partial charge on any atom is 0.258 e. The van der Waals surface area contributed by atoms with Crippen LogP contribution >= 0.6 is 0 Å². The molecular formula is C8H12N4. The van der Waals surface area contributed by atoms with E-state index in [1.54, 1.807) is 38.0 Å². The van der Waals surface area contributed by atoms with E-state index < -0.39 is 0 Å². The number of allylic oxidation sites excluding steroid dienone is 1. The Morgan fingerprint density at radius 2 is 1.75 bits per heavy atom. The number of rotatable bonds is 2. The molecule has 4 nitrogen and oxygen atoms in total. The minimum atomic E-state index is 0.363. The van der Waals surface area contributed by atoms with E-state index in [9.17, 15) is 0 Å². The topological polar surface area (TPSA) is 34.6 Å². The summed E-state index contributed by atoms with van der Waals surface area (Å²) in [6, 6.07) is 1.98. The van der Waals surface area contributed by atoms with Gasteiger partial charge in [0.15, 0.2) is 0 Å². The average Bonchev–Trinajstić information content (AvgIpc) is 1.98. The van der Waals surface area contributed by atoms with Crippen LogP contribution in [-0.2, 0) is 0 Å². The van der Waals surface area contributed by atoms with Crippen molar-refractivity contribution in [2.45, 2.75) is 0 Å². The van der Waals surface area contributed by atoms with Crippen molar-refractivity contribution in [2.75, 3.05) is 28.2 Å². The Hall–Kier alpha value is -1.68. The minimum absolute atomic E-state index is 0.363. The van der Waals surface area contributed by atoms with Crippen LogP contribution < -0.4 is 0 Å². The summed E-state index contributed by atoms with van der Waals surface area (Å²) in [5.74, 6) is 0.363. The SMILES string of the molecule is [C-]#[N+]/C(=C(\C#N)N(C)C)N(C)C. The van der Waals surface area contributed by atoms with Crippen molar-refractivity contribution in [3.8, 4) is 6.07 Å². The maximum atomic E-state index is 8.73. The van der Waals surface area contributed by atoms with Crippen molar-refractivity contribution in [3.63, 3.8) is 0 Å². The Labute approximate surface area is 73.1 Å². The second kappa shape index (κ2) is 4.25. The van der Waals surface area contributed by atoms with Crippen LogP contribution in [0.3, 0.4) is 0 Å². The van der Waals surface area contributed by atoms with Gasteiger partial charge in [-0.3, -0.25) is 0 Å². The summed E-state index contributed by atoms with van der Waals surface area (Å²) in [6.07, 6.45) is 0. The number of nitrogens with zero attached hydrogens (tertiary/aromatic N) is 4. The summed E-state index contributed by atoms with van der Waals surface area (Å²) in [4.78, 5) is 6.53. The van der Waals surface area contributed by atoms with Gasteiger partial charge < -0.3 is 14.6 Å². The van der Waals surface area contributed by atoms with Crippen LogP contribution in [0, 0.1) is 17.9 Å². The molecule has 0 aromatic rings. The Kier molecular flexibility index (Phi) is 3.66. The third-order valence-corrected chi connectivity index (χ3v) is 1.29. The number of hydrogen-bond acceptors (Lipinski definition) is 3. The van der Waals surface area contributed by atoms with Crippen molar-refractivity contribution in [1.82, 2.24) is 9.80 Å². The van der Waals surface area contributed by atoms with Crippen LogP contribution in [0.25, 0.3) is 4.85 Å². The van der Waals surface area contributed by atoms with E-state index in [0.717, 1.165) is 0 Å². The standard InChI is InChI=1S/C8H12N4/c1-10-8(12(4)5)7(6-9)11(2)3/h2-5H3/b8-7-. The molecule has 0 fully saturated rings. The monoisotopic (exact) mass is 164 g/mol. The first kappa shape index (κ1) is 10.3. The third-order valence-electron chi connectivity index (χ3n) is 1.29. The molecular weight excluding hydrogens is 152 g/mol. The van der Waals surface area contributed by atoms with Gasteiger partial charge in [0.2, 0.25) is 0 Å². The highest BCUT2D eigenvalue weighted by Gasteiger charge is 2.09. The van der Waals surface area contributed by atoms with Crippen LogP contribution in [0.1, 0.15) is 0 Å². The molecule has 0 saturated heterocycles. The minimum Gasteiger partial charge on any atom is -0.376 e. The van der Waals surface area contributed by atoms with Crippen molar-refractivity contribution in [2.24, 2.45) is 0 Å². The zero-order valence-corrected chi connectivity index (χ0v) is 7.79. The summed E-state index contributed by atoms with van der Waals surface area (Å²) in [5.41, 5.74) is 0.384. The molecule has 0 amide bonds. The van der Waals surface area contributed by atoms with E-state index in [1.807, 2.05) is 6.07 Å². The molecule has 0 aromatic carbocycles. The summed E-state index contributed by atoms with van der Waals surface area (Å²) in [6.45, 7) is 6.87. The normalized spacial score (nSPS) is 10.8. The molecule has 0 heterocycles. The van der Waals surface area contributed by atoms with Crippen LogP contribution in [0.15, 0.2) is 11.5 Å². The van der Waals surface area contributed by atoms with Crippen LogP contribution in [0.5, 0.6) is 0 Å². The van der Waals surface area contributed by atoms with Crippen LogP contribution in [-0.4, -0.2) is 38.0 Å². The van der Waals surface area contributed by atoms with E-state index in [2.05, 4.69) is 4.85 Å². The highest BCUT2D eigenvalue weighted by Crippen LogP contribution is 2.09. The van der Waals surface area contributed by atoms with Gasteiger partial charge in [0.05, 0.1) is 14.1 Å². The molecule has 0 aliphatic heterocycles. The average molecular weight is 164 g/mol. The largest absolute Gasteiger partial charge is 0.376 e. The number of hydrogen-bond donors (Lipinski definition) is 0. The van der Waals surface area contributed by atoms with Gasteiger partial charge in [0, 0.05) is 14.1 Å². The maximum absolute atomic E-state index is 8.73. The predicted octanol–water partition coefficient (Wildman–Crippen LogP) is 0.722. The fourth-order valence-corrected chi connectivity index (χ4v) is 0.715. The van der Waals surface area contributed by atoms with Gasteiger partial charge in [0.25, 0.3) is 5.82 Å². The van der Waals surface area contributed by atoms with E-state index in [-0.39, 0.29) is 0 Å². The molecule has 0 radical (unpaired) electrons. The lowest BCUT2D eigenvalue weighted by Crippen LogP contribution is -2.18. The van der Waals surface area contributed by atoms with E-state index >= 15 is 0 Å². The van der Waals surface area contributed by atoms with Crippen molar-refractivity contribution < 1.29 is 0 Å². The van der Waals surface area contributed by atoms with Gasteiger partial charge in [-0.05, 0) is 0 Å². The molecule has 0 bridgehead atoms. The van der Waals surface area contributed by atoms with Crippen molar-refractivity contribution in [3.05, 3.63) is 22.9 Å².